The topological polar surface area (TPSA) is 9.23 Å². The van der Waals surface area contributed by atoms with E-state index in [0.717, 1.165) is 12.4 Å². The Hall–Kier alpha value is -1.24. The highest BCUT2D eigenvalue weighted by molar-refractivity contribution is 5.20. The molecule has 0 bridgehead atoms. The molecule has 0 fully saturated rings. The Labute approximate surface area is 112 Å². The minimum Gasteiger partial charge on any atom is -0.494 e. The summed E-state index contributed by atoms with van der Waals surface area (Å²) in [7, 11) is 0. The zero-order valence-corrected chi connectivity index (χ0v) is 11.4. The first-order chi connectivity index (χ1) is 8.93. The van der Waals surface area contributed by atoms with Crippen LogP contribution in [0.4, 0.5) is 0 Å². The van der Waals surface area contributed by atoms with Crippen LogP contribution in [0.2, 0.25) is 0 Å². The summed E-state index contributed by atoms with van der Waals surface area (Å²) in [4.78, 5) is 0. The minimum absolute atomic E-state index is 0.848. The van der Waals surface area contributed by atoms with Gasteiger partial charge in [0, 0.05) is 0 Å². The molecule has 0 radical (unpaired) electrons. The van der Waals surface area contributed by atoms with Gasteiger partial charge in [0.15, 0.2) is 0 Å². The van der Waals surface area contributed by atoms with E-state index in [4.69, 9.17) is 4.74 Å². The number of rotatable bonds is 11. The van der Waals surface area contributed by atoms with E-state index in [1.807, 2.05) is 36.4 Å². The lowest BCUT2D eigenvalue weighted by Crippen LogP contribution is -1.96. The Morgan fingerprint density at radius 3 is 2.11 bits per heavy atom. The van der Waals surface area contributed by atoms with Gasteiger partial charge in [0.25, 0.3) is 0 Å². The molecule has 0 saturated heterocycles. The number of allylic oxidation sites excluding steroid dienone is 1. The number of hydrogen-bond donors (Lipinski definition) is 0. The highest BCUT2D eigenvalue weighted by Crippen LogP contribution is 2.11. The van der Waals surface area contributed by atoms with Gasteiger partial charge < -0.3 is 4.74 Å². The molecule has 1 rings (SSSR count). The minimum atomic E-state index is 0.848. The largest absolute Gasteiger partial charge is 0.494 e. The van der Waals surface area contributed by atoms with Gasteiger partial charge in [0.05, 0.1) is 6.61 Å². The molecule has 100 valence electrons. The van der Waals surface area contributed by atoms with Crippen LogP contribution in [0.25, 0.3) is 0 Å². The lowest BCUT2D eigenvalue weighted by molar-refractivity contribution is 0.304. The smallest absolute Gasteiger partial charge is 0.119 e. The van der Waals surface area contributed by atoms with Crippen molar-refractivity contribution >= 4 is 0 Å². The van der Waals surface area contributed by atoms with Gasteiger partial charge in [-0.25, -0.2) is 0 Å². The summed E-state index contributed by atoms with van der Waals surface area (Å²) in [5.74, 6) is 0.988. The number of unbranched alkanes of at least 4 members (excludes halogenated alkanes) is 7. The Morgan fingerprint density at radius 1 is 0.833 bits per heavy atom. The molecule has 1 aromatic carbocycles. The van der Waals surface area contributed by atoms with Crippen molar-refractivity contribution in [2.75, 3.05) is 6.61 Å². The Bertz CT molecular complexity index is 292. The number of benzene rings is 1. The molecule has 0 saturated carbocycles. The van der Waals surface area contributed by atoms with E-state index in [2.05, 4.69) is 6.58 Å². The second-order valence-electron chi connectivity index (χ2n) is 4.71. The van der Waals surface area contributed by atoms with Crippen molar-refractivity contribution < 1.29 is 4.74 Å². The third-order valence-electron chi connectivity index (χ3n) is 3.06. The zero-order chi connectivity index (χ0) is 12.9. The van der Waals surface area contributed by atoms with Crippen LogP contribution in [0, 0.1) is 0 Å². The van der Waals surface area contributed by atoms with E-state index >= 15 is 0 Å². The maximum Gasteiger partial charge on any atom is 0.119 e. The fourth-order valence-electron chi connectivity index (χ4n) is 1.98. The number of para-hydroxylation sites is 1. The van der Waals surface area contributed by atoms with Gasteiger partial charge in [-0.1, -0.05) is 56.4 Å². The molecule has 0 aliphatic heterocycles. The van der Waals surface area contributed by atoms with E-state index in [-0.39, 0.29) is 0 Å². The molecule has 0 spiro atoms. The van der Waals surface area contributed by atoms with Crippen LogP contribution in [0.5, 0.6) is 5.75 Å². The molecule has 0 aliphatic carbocycles. The summed E-state index contributed by atoms with van der Waals surface area (Å²) in [6, 6.07) is 10.1. The van der Waals surface area contributed by atoms with Crippen LogP contribution < -0.4 is 4.74 Å². The number of hydrogen-bond acceptors (Lipinski definition) is 1. The molecule has 0 aliphatic rings. The normalized spacial score (nSPS) is 10.2. The molecule has 0 N–H and O–H groups in total. The third-order valence-corrected chi connectivity index (χ3v) is 3.06. The Balaban J connectivity index is 1.83. The molecule has 0 heterocycles. The molecule has 0 unspecified atom stereocenters. The number of ether oxygens (including phenoxy) is 1. The second-order valence-corrected chi connectivity index (χ2v) is 4.71. The highest BCUT2D eigenvalue weighted by Gasteiger charge is 1.93. The fraction of sp³-hybridized carbons (Fsp3) is 0.529. The van der Waals surface area contributed by atoms with Crippen LogP contribution in [-0.4, -0.2) is 6.61 Å². The van der Waals surface area contributed by atoms with Gasteiger partial charge in [0.2, 0.25) is 0 Å². The van der Waals surface area contributed by atoms with Gasteiger partial charge in [0.1, 0.15) is 5.75 Å². The van der Waals surface area contributed by atoms with Gasteiger partial charge in [-0.15, -0.1) is 6.58 Å². The quantitative estimate of drug-likeness (QED) is 0.376. The van der Waals surface area contributed by atoms with Crippen molar-refractivity contribution in [3.63, 3.8) is 0 Å². The van der Waals surface area contributed by atoms with Crippen LogP contribution in [0.1, 0.15) is 51.4 Å². The van der Waals surface area contributed by atoms with Gasteiger partial charge >= 0.3 is 0 Å². The summed E-state index contributed by atoms with van der Waals surface area (Å²) < 4.78 is 5.65. The molecule has 0 aromatic heterocycles. The SMILES string of the molecule is C=CCCCCCCCCCOc1ccccc1. The van der Waals surface area contributed by atoms with E-state index < -0.39 is 0 Å². The Kier molecular flexibility index (Phi) is 8.96. The first-order valence-corrected chi connectivity index (χ1v) is 7.22. The fourth-order valence-corrected chi connectivity index (χ4v) is 1.98. The zero-order valence-electron chi connectivity index (χ0n) is 11.4. The Morgan fingerprint density at radius 2 is 1.44 bits per heavy atom. The van der Waals surface area contributed by atoms with Crippen molar-refractivity contribution in [3.05, 3.63) is 43.0 Å². The molecule has 18 heavy (non-hydrogen) atoms. The van der Waals surface area contributed by atoms with E-state index in [1.54, 1.807) is 0 Å². The molecule has 1 aromatic rings. The molecule has 1 heteroatoms. The third kappa shape index (κ3) is 7.94. The van der Waals surface area contributed by atoms with Crippen LogP contribution in [0.15, 0.2) is 43.0 Å². The van der Waals surface area contributed by atoms with E-state index in [9.17, 15) is 0 Å². The standard InChI is InChI=1S/C17H26O/c1-2-3-4-5-6-7-8-9-13-16-18-17-14-11-10-12-15-17/h2,10-12,14-15H,1,3-9,13,16H2. The van der Waals surface area contributed by atoms with Crippen molar-refractivity contribution in [2.24, 2.45) is 0 Å². The predicted octanol–water partition coefficient (Wildman–Crippen LogP) is 5.37. The molecular weight excluding hydrogens is 220 g/mol. The maximum absolute atomic E-state index is 5.65. The van der Waals surface area contributed by atoms with Crippen LogP contribution >= 0.6 is 0 Å². The summed E-state index contributed by atoms with van der Waals surface area (Å²) in [6.07, 6.45) is 12.4. The summed E-state index contributed by atoms with van der Waals surface area (Å²) >= 11 is 0. The molecule has 1 nitrogen and oxygen atoms in total. The first-order valence-electron chi connectivity index (χ1n) is 7.22. The predicted molar refractivity (Wildman–Crippen MR) is 79.1 cm³/mol. The molecular formula is C17H26O. The van der Waals surface area contributed by atoms with Crippen molar-refractivity contribution in [2.45, 2.75) is 51.4 Å². The average molecular weight is 246 g/mol. The van der Waals surface area contributed by atoms with Crippen molar-refractivity contribution in [1.29, 1.82) is 0 Å². The lowest BCUT2D eigenvalue weighted by Gasteiger charge is -2.05. The highest BCUT2D eigenvalue weighted by atomic mass is 16.5. The van der Waals surface area contributed by atoms with Crippen molar-refractivity contribution in [3.8, 4) is 5.75 Å². The van der Waals surface area contributed by atoms with Crippen molar-refractivity contribution in [1.82, 2.24) is 0 Å². The maximum atomic E-state index is 5.65. The van der Waals surface area contributed by atoms with Crippen LogP contribution in [0.3, 0.4) is 0 Å². The van der Waals surface area contributed by atoms with Gasteiger partial charge in [-0.2, -0.15) is 0 Å². The van der Waals surface area contributed by atoms with Gasteiger partial charge in [-0.05, 0) is 31.4 Å². The van der Waals surface area contributed by atoms with Crippen LogP contribution in [-0.2, 0) is 0 Å². The first kappa shape index (κ1) is 14.8. The van der Waals surface area contributed by atoms with E-state index in [1.165, 1.54) is 51.4 Å². The average Bonchev–Trinajstić information content (AvgIpc) is 2.42. The second kappa shape index (κ2) is 10.9. The summed E-state index contributed by atoms with van der Waals surface area (Å²) in [5.41, 5.74) is 0. The molecule has 0 atom stereocenters. The summed E-state index contributed by atoms with van der Waals surface area (Å²) in [6.45, 7) is 4.59. The lowest BCUT2D eigenvalue weighted by atomic mass is 10.1. The van der Waals surface area contributed by atoms with E-state index in [0.29, 0.717) is 0 Å². The summed E-state index contributed by atoms with van der Waals surface area (Å²) in [5, 5.41) is 0. The molecule has 0 amide bonds. The van der Waals surface area contributed by atoms with Gasteiger partial charge in [-0.3, -0.25) is 0 Å². The monoisotopic (exact) mass is 246 g/mol.